The number of hydrogen-bond acceptors (Lipinski definition) is 1. The van der Waals surface area contributed by atoms with Crippen molar-refractivity contribution in [2.75, 3.05) is 33.7 Å². The van der Waals surface area contributed by atoms with Crippen LogP contribution in [-0.2, 0) is 0 Å². The summed E-state index contributed by atoms with van der Waals surface area (Å²) in [5, 5.41) is 0. The van der Waals surface area contributed by atoms with Crippen LogP contribution in [0.3, 0.4) is 0 Å². The Labute approximate surface area is 63.0 Å². The summed E-state index contributed by atoms with van der Waals surface area (Å²) in [7, 11) is 4.62. The first-order valence-corrected chi connectivity index (χ1v) is 4.22. The lowest BCUT2D eigenvalue weighted by atomic mass is 9.83. The van der Waals surface area contributed by atoms with Crippen LogP contribution < -0.4 is 0 Å². The molecule has 2 aliphatic heterocycles. The number of nitrogens with zero attached hydrogens (tertiary/aromatic N) is 2. The van der Waals surface area contributed by atoms with Gasteiger partial charge in [0.1, 0.15) is 18.6 Å². The minimum Gasteiger partial charge on any atom is -0.320 e. The van der Waals surface area contributed by atoms with E-state index in [2.05, 4.69) is 25.9 Å². The Morgan fingerprint density at radius 3 is 2.60 bits per heavy atom. The van der Waals surface area contributed by atoms with Gasteiger partial charge in [0.2, 0.25) is 0 Å². The van der Waals surface area contributed by atoms with Crippen molar-refractivity contribution in [3.63, 3.8) is 0 Å². The van der Waals surface area contributed by atoms with Crippen molar-refractivity contribution in [1.29, 1.82) is 0 Å². The Hall–Kier alpha value is -0.0800. The number of likely N-dealkylation sites (N-methyl/N-ethyl adjacent to an activating group) is 2. The quantitative estimate of drug-likeness (QED) is 0.470. The first-order chi connectivity index (χ1) is 4.67. The number of likely N-dealkylation sites (tertiary alicyclic amines) is 2. The summed E-state index contributed by atoms with van der Waals surface area (Å²) in [6.07, 6.45) is 0. The van der Waals surface area contributed by atoms with Crippen molar-refractivity contribution < 1.29 is 4.48 Å². The fourth-order valence-corrected chi connectivity index (χ4v) is 2.37. The monoisotopic (exact) mass is 141 g/mol. The standard InChI is InChI=1S/C8H17N2/c1-4-10(3)6-7-8(10)5-9(7)2/h7-8H,4-6H2,1-3H3/q+1/t7-,8?,10?/m1/s1. The summed E-state index contributed by atoms with van der Waals surface area (Å²) < 4.78 is 1.33. The van der Waals surface area contributed by atoms with Gasteiger partial charge in [-0.25, -0.2) is 0 Å². The van der Waals surface area contributed by atoms with E-state index in [0.29, 0.717) is 0 Å². The van der Waals surface area contributed by atoms with Gasteiger partial charge in [-0.3, -0.25) is 4.90 Å². The SMILES string of the molecule is CC[N+]1(C)C[C@@H]2C1CN2C. The highest BCUT2D eigenvalue weighted by Gasteiger charge is 2.59. The topological polar surface area (TPSA) is 3.24 Å². The van der Waals surface area contributed by atoms with Gasteiger partial charge < -0.3 is 4.48 Å². The smallest absolute Gasteiger partial charge is 0.123 e. The van der Waals surface area contributed by atoms with Crippen molar-refractivity contribution in [3.8, 4) is 0 Å². The second-order valence-corrected chi connectivity index (χ2v) is 4.05. The molecule has 58 valence electrons. The number of rotatable bonds is 1. The van der Waals surface area contributed by atoms with Crippen LogP contribution in [0.15, 0.2) is 0 Å². The molecule has 0 saturated carbocycles. The lowest BCUT2D eigenvalue weighted by Gasteiger charge is -2.64. The normalized spacial score (nSPS) is 53.1. The van der Waals surface area contributed by atoms with E-state index in [0.717, 1.165) is 12.1 Å². The molecule has 2 unspecified atom stereocenters. The summed E-state index contributed by atoms with van der Waals surface area (Å²) in [6, 6.07) is 1.92. The number of piperazine rings is 1. The van der Waals surface area contributed by atoms with E-state index in [9.17, 15) is 0 Å². The van der Waals surface area contributed by atoms with Gasteiger partial charge in [0, 0.05) is 0 Å². The number of hydrogen-bond donors (Lipinski definition) is 0. The van der Waals surface area contributed by atoms with Gasteiger partial charge in [0.15, 0.2) is 0 Å². The molecular weight excluding hydrogens is 124 g/mol. The molecule has 2 nitrogen and oxygen atoms in total. The Morgan fingerprint density at radius 1 is 1.60 bits per heavy atom. The third-order valence-corrected chi connectivity index (χ3v) is 3.61. The minimum absolute atomic E-state index is 0.935. The van der Waals surface area contributed by atoms with Gasteiger partial charge in [-0.15, -0.1) is 0 Å². The maximum Gasteiger partial charge on any atom is 0.123 e. The second-order valence-electron chi connectivity index (χ2n) is 4.05. The van der Waals surface area contributed by atoms with E-state index in [4.69, 9.17) is 0 Å². The van der Waals surface area contributed by atoms with Gasteiger partial charge in [0.05, 0.1) is 20.1 Å². The van der Waals surface area contributed by atoms with Crippen LogP contribution in [0, 0.1) is 0 Å². The third kappa shape index (κ3) is 0.565. The molecule has 0 spiro atoms. The number of fused-ring (bicyclic) bond motifs is 1. The molecule has 2 saturated heterocycles. The van der Waals surface area contributed by atoms with E-state index in [1.165, 1.54) is 24.1 Å². The van der Waals surface area contributed by atoms with Crippen LogP contribution >= 0.6 is 0 Å². The highest BCUT2D eigenvalue weighted by Crippen LogP contribution is 2.37. The van der Waals surface area contributed by atoms with Crippen molar-refractivity contribution in [2.45, 2.75) is 19.0 Å². The average molecular weight is 141 g/mol. The van der Waals surface area contributed by atoms with Gasteiger partial charge in [-0.2, -0.15) is 0 Å². The predicted octanol–water partition coefficient (Wildman–Crippen LogP) is 0.149. The largest absolute Gasteiger partial charge is 0.320 e. The summed E-state index contributed by atoms with van der Waals surface area (Å²) in [4.78, 5) is 2.47. The fourth-order valence-electron chi connectivity index (χ4n) is 2.37. The molecule has 0 aromatic heterocycles. The van der Waals surface area contributed by atoms with E-state index in [1.807, 2.05) is 0 Å². The molecule has 3 atom stereocenters. The molecule has 2 rings (SSSR count). The summed E-state index contributed by atoms with van der Waals surface area (Å²) in [5.74, 6) is 0. The minimum atomic E-state index is 0.935. The Morgan fingerprint density at radius 2 is 2.30 bits per heavy atom. The molecular formula is C8H17N2+. The highest BCUT2D eigenvalue weighted by atomic mass is 15.5. The fraction of sp³-hybridized carbons (Fsp3) is 1.00. The zero-order valence-corrected chi connectivity index (χ0v) is 7.17. The summed E-state index contributed by atoms with van der Waals surface area (Å²) >= 11 is 0. The second kappa shape index (κ2) is 1.74. The van der Waals surface area contributed by atoms with Crippen molar-refractivity contribution in [3.05, 3.63) is 0 Å². The predicted molar refractivity (Wildman–Crippen MR) is 41.8 cm³/mol. The molecule has 2 aliphatic rings. The molecule has 0 radical (unpaired) electrons. The lowest BCUT2D eigenvalue weighted by molar-refractivity contribution is -0.988. The summed E-state index contributed by atoms with van der Waals surface area (Å²) in [5.41, 5.74) is 0. The Balaban J connectivity index is 1.99. The molecule has 0 aliphatic carbocycles. The first-order valence-electron chi connectivity index (χ1n) is 4.22. The van der Waals surface area contributed by atoms with Crippen LogP contribution in [0.1, 0.15) is 6.92 Å². The molecule has 0 aromatic carbocycles. The van der Waals surface area contributed by atoms with Crippen LogP contribution in [0.5, 0.6) is 0 Å². The Kier molecular flexibility index (Phi) is 1.15. The molecule has 0 bridgehead atoms. The highest BCUT2D eigenvalue weighted by molar-refractivity contribution is 4.98. The van der Waals surface area contributed by atoms with Crippen molar-refractivity contribution >= 4 is 0 Å². The first kappa shape index (κ1) is 6.62. The van der Waals surface area contributed by atoms with Crippen LogP contribution in [0.25, 0.3) is 0 Å². The van der Waals surface area contributed by atoms with Gasteiger partial charge in [-0.1, -0.05) is 0 Å². The van der Waals surface area contributed by atoms with E-state index in [1.54, 1.807) is 0 Å². The Bertz CT molecular complexity index is 157. The third-order valence-electron chi connectivity index (χ3n) is 3.61. The van der Waals surface area contributed by atoms with Crippen molar-refractivity contribution in [1.82, 2.24) is 4.90 Å². The maximum atomic E-state index is 2.47. The maximum absolute atomic E-state index is 2.47. The molecule has 0 amide bonds. The average Bonchev–Trinajstić information content (AvgIpc) is 1.95. The molecule has 0 aromatic rings. The zero-order chi connectivity index (χ0) is 7.35. The lowest BCUT2D eigenvalue weighted by Crippen LogP contribution is -2.84. The van der Waals surface area contributed by atoms with Gasteiger partial charge in [-0.05, 0) is 14.0 Å². The molecule has 2 heterocycles. The van der Waals surface area contributed by atoms with Gasteiger partial charge >= 0.3 is 0 Å². The molecule has 2 fully saturated rings. The van der Waals surface area contributed by atoms with Crippen molar-refractivity contribution in [2.24, 2.45) is 0 Å². The number of quaternary nitrogens is 1. The molecule has 10 heavy (non-hydrogen) atoms. The van der Waals surface area contributed by atoms with Crippen LogP contribution in [0.2, 0.25) is 0 Å². The molecule has 2 heteroatoms. The van der Waals surface area contributed by atoms with Gasteiger partial charge in [0.25, 0.3) is 0 Å². The molecule has 0 N–H and O–H groups in total. The van der Waals surface area contributed by atoms with Crippen LogP contribution in [0.4, 0.5) is 0 Å². The van der Waals surface area contributed by atoms with E-state index >= 15 is 0 Å². The van der Waals surface area contributed by atoms with Crippen LogP contribution in [-0.4, -0.2) is 55.2 Å². The van der Waals surface area contributed by atoms with E-state index < -0.39 is 0 Å². The zero-order valence-electron chi connectivity index (χ0n) is 7.17. The summed E-state index contributed by atoms with van der Waals surface area (Å²) in [6.45, 7) is 6.33. The van der Waals surface area contributed by atoms with E-state index in [-0.39, 0.29) is 0 Å².